The Morgan fingerprint density at radius 2 is 1.86 bits per heavy atom. The first-order valence-corrected chi connectivity index (χ1v) is 15.1. The minimum atomic E-state index is -1.45. The average molecular weight is 609 g/mol. The molecule has 0 fully saturated rings. The predicted molar refractivity (Wildman–Crippen MR) is 163 cm³/mol. The molecule has 0 radical (unpaired) electrons. The minimum absolute atomic E-state index is 0.0224. The molecule has 0 amide bonds. The Balaban J connectivity index is 2.03. The second-order valence-electron chi connectivity index (χ2n) is 11.7. The van der Waals surface area contributed by atoms with Gasteiger partial charge in [0.05, 0.1) is 42.9 Å². The predicted octanol–water partition coefficient (Wildman–Crippen LogP) is 5.08. The zero-order valence-corrected chi connectivity index (χ0v) is 26.4. The van der Waals surface area contributed by atoms with Crippen molar-refractivity contribution in [1.82, 2.24) is 24.1 Å². The van der Waals surface area contributed by atoms with Crippen molar-refractivity contribution in [1.29, 1.82) is 5.26 Å². The van der Waals surface area contributed by atoms with E-state index in [-0.39, 0.29) is 36.7 Å². The number of carbonyl (C=O) groups excluding carboxylic acids is 1. The van der Waals surface area contributed by atoms with Crippen molar-refractivity contribution < 1.29 is 13.9 Å². The number of ketones is 1. The van der Waals surface area contributed by atoms with Gasteiger partial charge in [-0.25, -0.2) is 13.8 Å². The molecule has 4 aromatic rings. The van der Waals surface area contributed by atoms with Crippen LogP contribution in [0.1, 0.15) is 70.8 Å². The lowest BCUT2D eigenvalue weighted by atomic mass is 9.91. The Hall–Kier alpha value is -3.95. The van der Waals surface area contributed by atoms with E-state index in [0.29, 0.717) is 27.4 Å². The maximum Gasteiger partial charge on any atom is 0.333 e. The normalized spacial score (nSPS) is 13.4. The summed E-state index contributed by atoms with van der Waals surface area (Å²) in [5.41, 5.74) is -0.788. The van der Waals surface area contributed by atoms with Crippen molar-refractivity contribution in [2.45, 2.75) is 79.5 Å². The van der Waals surface area contributed by atoms with E-state index >= 15 is 0 Å². The van der Waals surface area contributed by atoms with E-state index in [2.05, 4.69) is 16.3 Å². The van der Waals surface area contributed by atoms with Gasteiger partial charge in [-0.1, -0.05) is 38.2 Å². The summed E-state index contributed by atoms with van der Waals surface area (Å²) in [6.45, 7) is 12.3. The third-order valence-electron chi connectivity index (χ3n) is 7.57. The Kier molecular flexibility index (Phi) is 9.47. The van der Waals surface area contributed by atoms with Crippen LogP contribution in [0.15, 0.2) is 40.2 Å². The molecule has 0 aliphatic carbocycles. The number of ether oxygens (including phenoxy) is 1. The van der Waals surface area contributed by atoms with Crippen LogP contribution in [-0.2, 0) is 28.0 Å². The summed E-state index contributed by atoms with van der Waals surface area (Å²) in [6, 6.07) is 6.58. The van der Waals surface area contributed by atoms with Crippen molar-refractivity contribution in [3.05, 3.63) is 73.9 Å². The highest BCUT2D eigenvalue weighted by Gasteiger charge is 2.36. The lowest BCUT2D eigenvalue weighted by Gasteiger charge is -2.28. The fourth-order valence-electron chi connectivity index (χ4n) is 5.14. The SMILES string of the molecule is CCc1ccc(F)cc1[C@@H](Cn1c(=O)n(C(C)(C)C(=O)CC(C)C)c(=O)c2c(C)c(-n3nccn3)sc21)OC[C@H](C)C#N. The monoisotopic (exact) mass is 608 g/mol. The molecule has 0 saturated carbocycles. The summed E-state index contributed by atoms with van der Waals surface area (Å²) in [5.74, 6) is -1.14. The first-order valence-electron chi connectivity index (χ1n) is 14.3. The van der Waals surface area contributed by atoms with Gasteiger partial charge in [-0.05, 0) is 63.3 Å². The van der Waals surface area contributed by atoms with Crippen LogP contribution in [-0.4, -0.2) is 36.5 Å². The molecule has 0 bridgehead atoms. The maximum atomic E-state index is 14.6. The van der Waals surface area contributed by atoms with Crippen molar-refractivity contribution in [3.63, 3.8) is 0 Å². The van der Waals surface area contributed by atoms with Gasteiger partial charge in [-0.15, -0.1) is 4.80 Å². The molecular formula is C31H37FN6O4S. The molecule has 0 spiro atoms. The molecule has 0 N–H and O–H groups in total. The number of nitriles is 1. The first kappa shape index (κ1) is 32.0. The van der Waals surface area contributed by atoms with Crippen molar-refractivity contribution in [2.24, 2.45) is 11.8 Å². The molecule has 12 heteroatoms. The van der Waals surface area contributed by atoms with Crippen LogP contribution in [0.3, 0.4) is 0 Å². The number of nitrogens with zero attached hydrogens (tertiary/aromatic N) is 6. The van der Waals surface area contributed by atoms with E-state index in [4.69, 9.17) is 4.74 Å². The Morgan fingerprint density at radius 3 is 2.47 bits per heavy atom. The lowest BCUT2D eigenvalue weighted by Crippen LogP contribution is -2.53. The van der Waals surface area contributed by atoms with Crippen LogP contribution >= 0.6 is 11.3 Å². The summed E-state index contributed by atoms with van der Waals surface area (Å²) in [5, 5.41) is 18.7. The smallest absolute Gasteiger partial charge is 0.333 e. The van der Waals surface area contributed by atoms with E-state index in [1.807, 2.05) is 20.8 Å². The molecule has 1 aromatic carbocycles. The summed E-state index contributed by atoms with van der Waals surface area (Å²) in [4.78, 5) is 43.7. The van der Waals surface area contributed by atoms with Crippen LogP contribution in [0, 0.1) is 35.9 Å². The number of benzene rings is 1. The number of thiophene rings is 1. The second-order valence-corrected chi connectivity index (χ2v) is 12.7. The molecule has 0 aliphatic heterocycles. The lowest BCUT2D eigenvalue weighted by molar-refractivity contribution is -0.127. The number of hydrogen-bond acceptors (Lipinski definition) is 8. The molecule has 2 atom stereocenters. The van der Waals surface area contributed by atoms with Gasteiger partial charge in [0.1, 0.15) is 27.3 Å². The molecule has 4 rings (SSSR count). The molecule has 3 aromatic heterocycles. The minimum Gasteiger partial charge on any atom is -0.370 e. The van der Waals surface area contributed by atoms with Gasteiger partial charge in [0.25, 0.3) is 5.56 Å². The molecule has 3 heterocycles. The van der Waals surface area contributed by atoms with Gasteiger partial charge in [0.2, 0.25) is 0 Å². The molecule has 228 valence electrons. The van der Waals surface area contributed by atoms with E-state index in [9.17, 15) is 24.0 Å². The van der Waals surface area contributed by atoms with Gasteiger partial charge in [-0.2, -0.15) is 15.5 Å². The molecule has 43 heavy (non-hydrogen) atoms. The Labute approximate surface area is 253 Å². The molecule has 0 saturated heterocycles. The quantitative estimate of drug-likeness (QED) is 0.220. The van der Waals surface area contributed by atoms with Crippen LogP contribution in [0.4, 0.5) is 4.39 Å². The molecule has 0 unspecified atom stereocenters. The van der Waals surface area contributed by atoms with E-state index in [0.717, 1.165) is 10.1 Å². The summed E-state index contributed by atoms with van der Waals surface area (Å²) in [7, 11) is 0. The van der Waals surface area contributed by atoms with Crippen LogP contribution < -0.4 is 11.2 Å². The zero-order chi connectivity index (χ0) is 31.6. The van der Waals surface area contributed by atoms with Crippen molar-refractivity contribution in [2.75, 3.05) is 6.61 Å². The number of Topliss-reactive ketones (excluding diaryl/α,β-unsaturated/α-hetero) is 1. The van der Waals surface area contributed by atoms with Crippen molar-refractivity contribution >= 4 is 27.3 Å². The number of hydrogen-bond donors (Lipinski definition) is 0. The summed E-state index contributed by atoms with van der Waals surface area (Å²) in [6.07, 6.45) is 2.95. The van der Waals surface area contributed by atoms with Crippen LogP contribution in [0.2, 0.25) is 0 Å². The Bertz CT molecular complexity index is 1800. The van der Waals surface area contributed by atoms with E-state index in [1.54, 1.807) is 33.8 Å². The fourth-order valence-corrected chi connectivity index (χ4v) is 6.36. The highest BCUT2D eigenvalue weighted by atomic mass is 32.1. The second kappa shape index (κ2) is 12.7. The topological polar surface area (TPSA) is 125 Å². The summed E-state index contributed by atoms with van der Waals surface area (Å²) >= 11 is 1.17. The number of fused-ring (bicyclic) bond motifs is 1. The summed E-state index contributed by atoms with van der Waals surface area (Å²) < 4.78 is 23.3. The average Bonchev–Trinajstić information content (AvgIpc) is 3.60. The highest BCUT2D eigenvalue weighted by molar-refractivity contribution is 7.21. The number of aryl methyl sites for hydroxylation is 2. The van der Waals surface area contributed by atoms with Gasteiger partial charge in [0, 0.05) is 12.0 Å². The number of carbonyl (C=O) groups is 1. The molecule has 10 nitrogen and oxygen atoms in total. The molecule has 0 aliphatic rings. The van der Waals surface area contributed by atoms with E-state index in [1.165, 1.54) is 45.2 Å². The largest absolute Gasteiger partial charge is 0.370 e. The third-order valence-corrected chi connectivity index (χ3v) is 8.86. The zero-order valence-electron chi connectivity index (χ0n) is 25.5. The fraction of sp³-hybridized carbons (Fsp3) is 0.484. The van der Waals surface area contributed by atoms with Crippen LogP contribution in [0.5, 0.6) is 0 Å². The van der Waals surface area contributed by atoms with Gasteiger partial charge >= 0.3 is 5.69 Å². The van der Waals surface area contributed by atoms with Gasteiger partial charge < -0.3 is 4.74 Å². The molecular weight excluding hydrogens is 571 g/mol. The Morgan fingerprint density at radius 1 is 1.19 bits per heavy atom. The first-order chi connectivity index (χ1) is 20.3. The van der Waals surface area contributed by atoms with Gasteiger partial charge in [0.15, 0.2) is 5.78 Å². The highest BCUT2D eigenvalue weighted by Crippen LogP contribution is 2.33. The third kappa shape index (κ3) is 6.24. The maximum absolute atomic E-state index is 14.6. The number of aromatic nitrogens is 5. The van der Waals surface area contributed by atoms with Crippen LogP contribution in [0.25, 0.3) is 15.2 Å². The van der Waals surface area contributed by atoms with Gasteiger partial charge in [-0.3, -0.25) is 14.2 Å². The number of rotatable bonds is 12. The standard InChI is InChI=1S/C31H37FN6O4S/c1-8-21-9-10-22(32)14-23(21)24(42-17-19(4)15-33)16-36-29-26(20(5)28(43-29)38-34-11-12-35-38)27(40)37(30(36)41)31(6,7)25(39)13-18(2)3/h9-12,14,18-19,24H,8,13,16-17H2,1-7H3/t19-,24-/m1/s1. The number of halogens is 1. The van der Waals surface area contributed by atoms with E-state index < -0.39 is 34.6 Å². The van der Waals surface area contributed by atoms with Crippen molar-refractivity contribution in [3.8, 4) is 11.1 Å².